The van der Waals surface area contributed by atoms with Crippen molar-refractivity contribution in [3.8, 4) is 0 Å². The maximum Gasteiger partial charge on any atom is 0.219 e. The number of thioether (sulfide) groups is 1. The molecule has 0 spiro atoms. The van der Waals surface area contributed by atoms with Crippen molar-refractivity contribution in [2.75, 3.05) is 18.9 Å². The van der Waals surface area contributed by atoms with Crippen molar-refractivity contribution in [2.45, 2.75) is 75.5 Å². The molecule has 3 rings (SSSR count). The summed E-state index contributed by atoms with van der Waals surface area (Å²) in [6, 6.07) is 8.10. The lowest BCUT2D eigenvalue weighted by atomic mass is 9.94. The van der Waals surface area contributed by atoms with Crippen LogP contribution in [0.3, 0.4) is 0 Å². The van der Waals surface area contributed by atoms with Gasteiger partial charge in [-0.15, -0.1) is 0 Å². The molecular weight excluding hydrogens is 422 g/mol. The van der Waals surface area contributed by atoms with E-state index in [1.165, 1.54) is 11.8 Å². The molecule has 2 fully saturated rings. The number of ether oxygens (including phenoxy) is 3. The summed E-state index contributed by atoms with van der Waals surface area (Å²) in [5.74, 6) is -0.0223. The number of benzene rings is 1. The summed E-state index contributed by atoms with van der Waals surface area (Å²) >= 11 is 1.56. The van der Waals surface area contributed by atoms with Crippen LogP contribution in [0.2, 0.25) is 0 Å². The van der Waals surface area contributed by atoms with E-state index in [1.54, 1.807) is 11.8 Å². The molecule has 0 saturated carbocycles. The number of rotatable bonds is 6. The van der Waals surface area contributed by atoms with Gasteiger partial charge in [0.25, 0.3) is 0 Å². The molecule has 7 atom stereocenters. The number of hydrogen-bond acceptors (Lipinski definition) is 8. The predicted molar refractivity (Wildman–Crippen MR) is 114 cm³/mol. The Balaban J connectivity index is 1.72. The summed E-state index contributed by atoms with van der Waals surface area (Å²) in [6.45, 7) is 7.44. The van der Waals surface area contributed by atoms with E-state index < -0.39 is 48.9 Å². The van der Waals surface area contributed by atoms with E-state index in [-0.39, 0.29) is 17.9 Å². The molecule has 0 aliphatic carbocycles. The Morgan fingerprint density at radius 3 is 2.58 bits per heavy atom. The van der Waals surface area contributed by atoms with Crippen LogP contribution in [0.1, 0.15) is 39.5 Å². The molecule has 1 amide bonds. The zero-order chi connectivity index (χ0) is 22.8. The van der Waals surface area contributed by atoms with Crippen LogP contribution in [0.25, 0.3) is 0 Å². The van der Waals surface area contributed by atoms with Gasteiger partial charge in [0.05, 0.1) is 18.8 Å². The van der Waals surface area contributed by atoms with E-state index in [1.807, 2.05) is 51.1 Å². The third-order valence-corrected chi connectivity index (χ3v) is 6.70. The standard InChI is InChI=1S/C22H32NO7S/c1-13(24)23(10-15(25)12-31-22(2,3)4)17-18(26)19-16(29-20(17)27)11-28-21(30-19)14-8-6-5-7-9-14/h5-9,15-21,25-26H,10-12H2,1-4H3/q-1/t15-,16+,17+,18+,19+,20+,21?/m0/s1. The molecule has 2 aliphatic rings. The summed E-state index contributed by atoms with van der Waals surface area (Å²) in [5, 5.41) is 34.3. The molecule has 2 aliphatic heterocycles. The van der Waals surface area contributed by atoms with Gasteiger partial charge in [-0.2, -0.15) is 11.8 Å². The first-order valence-corrected chi connectivity index (χ1v) is 11.5. The number of fused-ring (bicyclic) bond motifs is 1. The van der Waals surface area contributed by atoms with E-state index in [2.05, 4.69) is 0 Å². The molecule has 31 heavy (non-hydrogen) atoms. The summed E-state index contributed by atoms with van der Waals surface area (Å²) in [5.41, 5.74) is 0.784. The molecule has 2 heterocycles. The Bertz CT molecular complexity index is 728. The third kappa shape index (κ3) is 6.19. The fourth-order valence-electron chi connectivity index (χ4n) is 3.77. The number of hydrogen-bond donors (Lipinski definition) is 2. The molecule has 1 unspecified atom stereocenters. The van der Waals surface area contributed by atoms with Crippen LogP contribution in [0.4, 0.5) is 0 Å². The van der Waals surface area contributed by atoms with Gasteiger partial charge in [-0.05, 0) is 0 Å². The molecule has 2 saturated heterocycles. The second kappa shape index (κ2) is 10.2. The van der Waals surface area contributed by atoms with Crippen molar-refractivity contribution in [2.24, 2.45) is 0 Å². The topological polar surface area (TPSA) is 112 Å². The summed E-state index contributed by atoms with van der Waals surface area (Å²) in [7, 11) is 0. The van der Waals surface area contributed by atoms with Crippen molar-refractivity contribution in [1.29, 1.82) is 0 Å². The zero-order valence-electron chi connectivity index (χ0n) is 18.3. The lowest BCUT2D eigenvalue weighted by Gasteiger charge is -2.53. The molecule has 2 N–H and O–H groups in total. The van der Waals surface area contributed by atoms with Gasteiger partial charge in [0.2, 0.25) is 5.91 Å². The zero-order valence-corrected chi connectivity index (χ0v) is 19.2. The summed E-state index contributed by atoms with van der Waals surface area (Å²) in [4.78, 5) is 13.6. The predicted octanol–water partition coefficient (Wildman–Crippen LogP) is 0.656. The minimum atomic E-state index is -1.68. The maximum absolute atomic E-state index is 12.8. The minimum Gasteiger partial charge on any atom is -0.829 e. The quantitative estimate of drug-likeness (QED) is 0.645. The van der Waals surface area contributed by atoms with Crippen LogP contribution in [0.5, 0.6) is 0 Å². The van der Waals surface area contributed by atoms with Gasteiger partial charge < -0.3 is 34.4 Å². The van der Waals surface area contributed by atoms with Crippen LogP contribution in [-0.4, -0.2) is 81.4 Å². The van der Waals surface area contributed by atoms with Gasteiger partial charge >= 0.3 is 0 Å². The average Bonchev–Trinajstić information content (AvgIpc) is 2.71. The number of aliphatic hydroxyl groups is 2. The highest BCUT2D eigenvalue weighted by Crippen LogP contribution is 2.34. The van der Waals surface area contributed by atoms with Gasteiger partial charge in [0.15, 0.2) is 6.29 Å². The van der Waals surface area contributed by atoms with E-state index in [0.29, 0.717) is 5.75 Å². The molecular formula is C22H32NO7S-. The second-order valence-corrected chi connectivity index (χ2v) is 10.8. The van der Waals surface area contributed by atoms with E-state index in [4.69, 9.17) is 14.2 Å². The van der Waals surface area contributed by atoms with E-state index in [9.17, 15) is 20.1 Å². The summed E-state index contributed by atoms with van der Waals surface area (Å²) in [6.07, 6.45) is -6.08. The lowest BCUT2D eigenvalue weighted by molar-refractivity contribution is -0.532. The maximum atomic E-state index is 12.8. The highest BCUT2D eigenvalue weighted by molar-refractivity contribution is 8.00. The Hall–Kier alpha value is -1.20. The van der Waals surface area contributed by atoms with Crippen molar-refractivity contribution in [3.05, 3.63) is 35.9 Å². The van der Waals surface area contributed by atoms with Gasteiger partial charge in [-0.25, -0.2) is 0 Å². The molecule has 0 aromatic heterocycles. The number of carbonyl (C=O) groups is 1. The summed E-state index contributed by atoms with van der Waals surface area (Å²) < 4.78 is 17.1. The van der Waals surface area contributed by atoms with Crippen LogP contribution in [0, 0.1) is 0 Å². The number of nitrogens with zero attached hydrogens (tertiary/aromatic N) is 1. The number of aliphatic hydroxyl groups excluding tert-OH is 2. The minimum absolute atomic E-state index is 0.0494. The van der Waals surface area contributed by atoms with Gasteiger partial charge in [-0.3, -0.25) is 4.79 Å². The Labute approximate surface area is 187 Å². The van der Waals surface area contributed by atoms with Gasteiger partial charge in [0, 0.05) is 35.8 Å². The van der Waals surface area contributed by atoms with Gasteiger partial charge in [0.1, 0.15) is 18.3 Å². The van der Waals surface area contributed by atoms with Crippen LogP contribution < -0.4 is 5.11 Å². The molecule has 0 radical (unpaired) electrons. The lowest BCUT2D eigenvalue weighted by Crippen LogP contribution is -2.70. The van der Waals surface area contributed by atoms with Crippen molar-refractivity contribution < 1.29 is 34.3 Å². The Morgan fingerprint density at radius 1 is 1.29 bits per heavy atom. The van der Waals surface area contributed by atoms with E-state index in [0.717, 1.165) is 5.56 Å². The first-order chi connectivity index (χ1) is 14.6. The molecule has 9 heteroatoms. The molecule has 8 nitrogen and oxygen atoms in total. The van der Waals surface area contributed by atoms with E-state index >= 15 is 0 Å². The highest BCUT2D eigenvalue weighted by atomic mass is 32.2. The third-order valence-electron chi connectivity index (χ3n) is 5.29. The highest BCUT2D eigenvalue weighted by Gasteiger charge is 2.48. The van der Waals surface area contributed by atoms with Crippen LogP contribution in [0.15, 0.2) is 30.3 Å². The Kier molecular flexibility index (Phi) is 8.01. The first kappa shape index (κ1) is 24.4. The Morgan fingerprint density at radius 2 is 1.97 bits per heavy atom. The van der Waals surface area contributed by atoms with Crippen LogP contribution in [-0.2, 0) is 19.0 Å². The smallest absolute Gasteiger partial charge is 0.219 e. The van der Waals surface area contributed by atoms with Crippen molar-refractivity contribution in [1.82, 2.24) is 4.90 Å². The average molecular weight is 455 g/mol. The monoisotopic (exact) mass is 454 g/mol. The largest absolute Gasteiger partial charge is 0.829 e. The van der Waals surface area contributed by atoms with Gasteiger partial charge in [-0.1, -0.05) is 51.1 Å². The second-order valence-electron chi connectivity index (χ2n) is 8.95. The molecule has 0 bridgehead atoms. The molecule has 174 valence electrons. The number of amides is 1. The SMILES string of the molecule is CC(=O)N(C[C@H](O)CSC(C)(C)C)[C@@H]1[C@@H](O)[C@@H]2OC(c3ccccc3)OC[C@H]2O[C@H]1[O-]. The molecule has 1 aromatic carbocycles. The molecule has 1 aromatic rings. The normalized spacial score (nSPS) is 32.2. The first-order valence-electron chi connectivity index (χ1n) is 10.5. The fourth-order valence-corrected chi connectivity index (χ4v) is 4.57. The van der Waals surface area contributed by atoms with Crippen molar-refractivity contribution in [3.63, 3.8) is 0 Å². The van der Waals surface area contributed by atoms with Crippen LogP contribution >= 0.6 is 11.8 Å². The number of carbonyl (C=O) groups excluding carboxylic acids is 1. The fraction of sp³-hybridized carbons (Fsp3) is 0.682. The van der Waals surface area contributed by atoms with Crippen molar-refractivity contribution >= 4 is 17.7 Å².